The smallest absolute Gasteiger partial charge is 0.418 e. The second kappa shape index (κ2) is 9.66. The molecule has 0 fully saturated rings. The van der Waals surface area contributed by atoms with Crippen LogP contribution in [0.3, 0.4) is 0 Å². The Kier molecular flexibility index (Phi) is 8.56. The molecule has 0 N–H and O–H groups in total. The quantitative estimate of drug-likeness (QED) is 0.258. The van der Waals surface area contributed by atoms with E-state index in [-0.39, 0.29) is 5.54 Å². The lowest BCUT2D eigenvalue weighted by Gasteiger charge is -2.37. The average Bonchev–Trinajstić information content (AvgIpc) is 2.60. The van der Waals surface area contributed by atoms with E-state index in [1.165, 1.54) is 42.5 Å². The molecule has 0 aromatic heterocycles. The summed E-state index contributed by atoms with van der Waals surface area (Å²) in [5.74, 6) is 1.09. The van der Waals surface area contributed by atoms with E-state index in [9.17, 15) is 17.3 Å². The summed E-state index contributed by atoms with van der Waals surface area (Å²) < 4.78 is 41.7. The molecule has 0 saturated carbocycles. The van der Waals surface area contributed by atoms with Gasteiger partial charge in [-0.15, -0.1) is 0 Å². The molecule has 0 bridgehead atoms. The summed E-state index contributed by atoms with van der Waals surface area (Å²) in [5, 5.41) is 0. The third kappa shape index (κ3) is 6.85. The Bertz CT molecular complexity index is 669. The van der Waals surface area contributed by atoms with E-state index < -0.39 is 7.25 Å². The minimum Gasteiger partial charge on any atom is -0.418 e. The number of benzene rings is 1. The van der Waals surface area contributed by atoms with Crippen LogP contribution in [0.25, 0.3) is 0 Å². The zero-order chi connectivity index (χ0) is 22.6. The fraction of sp³-hybridized carbons (Fsp3) is 0.696. The molecule has 0 radical (unpaired) electrons. The predicted octanol–water partition coefficient (Wildman–Crippen LogP) is 8.33. The Morgan fingerprint density at radius 3 is 1.66 bits per heavy atom. The minimum atomic E-state index is -6.00. The molecule has 29 heavy (non-hydrogen) atoms. The van der Waals surface area contributed by atoms with Crippen LogP contribution in [0.2, 0.25) is 0 Å². The number of para-hydroxylation sites is 1. The van der Waals surface area contributed by atoms with E-state index in [0.29, 0.717) is 17.3 Å². The summed E-state index contributed by atoms with van der Waals surface area (Å²) in [5.41, 5.74) is 5.01. The van der Waals surface area contributed by atoms with Crippen LogP contribution in [0.5, 0.6) is 0 Å². The van der Waals surface area contributed by atoms with Gasteiger partial charge in [-0.05, 0) is 31.1 Å². The highest BCUT2D eigenvalue weighted by Crippen LogP contribution is 2.44. The molecule has 0 spiro atoms. The van der Waals surface area contributed by atoms with Crippen LogP contribution in [0.15, 0.2) is 18.2 Å². The summed E-state index contributed by atoms with van der Waals surface area (Å²) in [6, 6.07) is 6.92. The fourth-order valence-electron chi connectivity index (χ4n) is 4.13. The molecule has 166 valence electrons. The van der Waals surface area contributed by atoms with Gasteiger partial charge in [-0.25, -0.2) is 0 Å². The van der Waals surface area contributed by atoms with E-state index in [0.717, 1.165) is 0 Å². The zero-order valence-electron chi connectivity index (χ0n) is 19.3. The van der Waals surface area contributed by atoms with Crippen LogP contribution >= 0.6 is 0 Å². The maximum atomic E-state index is 9.75. The standard InChI is InChI=1S/C23H38N.BF4/c1-9-23(10-2)15-14-22(7,8)24(16-23)21-19(17(3)4)12-11-13-20(21)18(5)6;2-1(3,4)5/h11-13,16-18H,9-10,14-15H2,1-8H3;/q+1;-1. The lowest BCUT2D eigenvalue weighted by atomic mass is 9.73. The van der Waals surface area contributed by atoms with Crippen molar-refractivity contribution in [3.63, 3.8) is 0 Å². The van der Waals surface area contributed by atoms with Gasteiger partial charge in [-0.3, -0.25) is 0 Å². The summed E-state index contributed by atoms with van der Waals surface area (Å²) in [6.07, 6.45) is 7.64. The molecule has 1 aliphatic heterocycles. The van der Waals surface area contributed by atoms with Gasteiger partial charge in [0.1, 0.15) is 0 Å². The van der Waals surface area contributed by atoms with Crippen molar-refractivity contribution in [3.05, 3.63) is 29.3 Å². The molecule has 1 aromatic carbocycles. The van der Waals surface area contributed by atoms with Gasteiger partial charge < -0.3 is 17.3 Å². The average molecular weight is 415 g/mol. The van der Waals surface area contributed by atoms with Gasteiger partial charge in [0, 0.05) is 36.8 Å². The van der Waals surface area contributed by atoms with Gasteiger partial charge in [-0.1, -0.05) is 59.7 Å². The van der Waals surface area contributed by atoms with Crippen molar-refractivity contribution in [1.29, 1.82) is 0 Å². The molecule has 1 nitrogen and oxygen atoms in total. The summed E-state index contributed by atoms with van der Waals surface area (Å²) in [7, 11) is -6.00. The first kappa shape index (κ1) is 25.7. The lowest BCUT2D eigenvalue weighted by molar-refractivity contribution is -0.533. The van der Waals surface area contributed by atoms with E-state index in [2.05, 4.69) is 84.4 Å². The molecule has 2 rings (SSSR count). The molecule has 0 unspecified atom stereocenters. The van der Waals surface area contributed by atoms with Gasteiger partial charge in [0.05, 0.1) is 0 Å². The van der Waals surface area contributed by atoms with E-state index >= 15 is 0 Å². The monoisotopic (exact) mass is 415 g/mol. The van der Waals surface area contributed by atoms with Gasteiger partial charge in [-0.2, -0.15) is 4.58 Å². The van der Waals surface area contributed by atoms with Crippen LogP contribution in [-0.4, -0.2) is 23.6 Å². The summed E-state index contributed by atoms with van der Waals surface area (Å²) in [4.78, 5) is 0. The third-order valence-electron chi connectivity index (χ3n) is 6.28. The van der Waals surface area contributed by atoms with E-state index in [1.807, 2.05) is 0 Å². The third-order valence-corrected chi connectivity index (χ3v) is 6.28. The van der Waals surface area contributed by atoms with Gasteiger partial charge in [0.2, 0.25) is 5.69 Å². The van der Waals surface area contributed by atoms with Crippen molar-refractivity contribution in [1.82, 2.24) is 0 Å². The molecular weight excluding hydrogens is 377 g/mol. The predicted molar refractivity (Wildman–Crippen MR) is 117 cm³/mol. The van der Waals surface area contributed by atoms with Gasteiger partial charge in [0.15, 0.2) is 11.8 Å². The Labute approximate surface area is 174 Å². The second-order valence-electron chi connectivity index (χ2n) is 9.47. The maximum Gasteiger partial charge on any atom is 0.673 e. The molecule has 0 saturated heterocycles. The highest BCUT2D eigenvalue weighted by atomic mass is 19.5. The topological polar surface area (TPSA) is 3.01 Å². The highest BCUT2D eigenvalue weighted by molar-refractivity contribution is 6.50. The summed E-state index contributed by atoms with van der Waals surface area (Å²) in [6.45, 7) is 18.8. The van der Waals surface area contributed by atoms with Crippen LogP contribution in [0.1, 0.15) is 104 Å². The maximum absolute atomic E-state index is 9.75. The summed E-state index contributed by atoms with van der Waals surface area (Å²) >= 11 is 0. The van der Waals surface area contributed by atoms with Crippen LogP contribution in [-0.2, 0) is 0 Å². The Morgan fingerprint density at radius 2 is 1.31 bits per heavy atom. The normalized spacial score (nSPS) is 18.3. The molecule has 1 heterocycles. The Balaban J connectivity index is 0.000000749. The van der Waals surface area contributed by atoms with Crippen molar-refractivity contribution >= 4 is 19.2 Å². The van der Waals surface area contributed by atoms with Crippen molar-refractivity contribution in [2.45, 2.75) is 98.4 Å². The van der Waals surface area contributed by atoms with Crippen molar-refractivity contribution in [3.8, 4) is 0 Å². The zero-order valence-corrected chi connectivity index (χ0v) is 19.3. The first-order valence-corrected chi connectivity index (χ1v) is 10.8. The molecule has 0 amide bonds. The molecule has 1 aromatic rings. The second-order valence-corrected chi connectivity index (χ2v) is 9.47. The molecular formula is C23H38BF4N. The van der Waals surface area contributed by atoms with Crippen LogP contribution in [0, 0.1) is 5.41 Å². The van der Waals surface area contributed by atoms with Crippen LogP contribution < -0.4 is 0 Å². The molecule has 0 aliphatic carbocycles. The van der Waals surface area contributed by atoms with Gasteiger partial charge >= 0.3 is 7.25 Å². The van der Waals surface area contributed by atoms with Crippen LogP contribution in [0.4, 0.5) is 23.0 Å². The Morgan fingerprint density at radius 1 is 0.897 bits per heavy atom. The molecule has 0 atom stereocenters. The first-order chi connectivity index (χ1) is 13.2. The number of rotatable bonds is 5. The molecule has 6 heteroatoms. The number of hydrogen-bond donors (Lipinski definition) is 0. The van der Waals surface area contributed by atoms with Crippen molar-refractivity contribution in [2.24, 2.45) is 5.41 Å². The fourth-order valence-corrected chi connectivity index (χ4v) is 4.13. The number of nitrogens with zero attached hydrogens (tertiary/aromatic N) is 1. The number of halogens is 4. The van der Waals surface area contributed by atoms with E-state index in [1.54, 1.807) is 0 Å². The molecule has 1 aliphatic rings. The lowest BCUT2D eigenvalue weighted by Crippen LogP contribution is -2.44. The van der Waals surface area contributed by atoms with Crippen molar-refractivity contribution in [2.75, 3.05) is 0 Å². The Hall–Kier alpha value is -1.33. The minimum absolute atomic E-state index is 0.183. The van der Waals surface area contributed by atoms with Crippen molar-refractivity contribution < 1.29 is 21.8 Å². The largest absolute Gasteiger partial charge is 0.673 e. The highest BCUT2D eigenvalue weighted by Gasteiger charge is 2.45. The number of hydrogen-bond acceptors (Lipinski definition) is 0. The van der Waals surface area contributed by atoms with Gasteiger partial charge in [0.25, 0.3) is 0 Å². The SMILES string of the molecule is CCC1(CC)C=[N+](c2c(C(C)C)cccc2C(C)C)C(C)(C)CC1.F[B-](F)(F)F. The first-order valence-electron chi connectivity index (χ1n) is 10.8. The van der Waals surface area contributed by atoms with E-state index in [4.69, 9.17) is 0 Å².